The maximum absolute atomic E-state index is 12.5. The smallest absolute Gasteiger partial charge is 0.475 e. The van der Waals surface area contributed by atoms with Crippen LogP contribution in [-0.4, -0.2) is 118 Å². The van der Waals surface area contributed by atoms with Gasteiger partial charge in [0.25, 0.3) is 5.79 Å². The van der Waals surface area contributed by atoms with Crippen molar-refractivity contribution in [3.05, 3.63) is 22.7 Å². The van der Waals surface area contributed by atoms with Crippen molar-refractivity contribution in [2.75, 3.05) is 18.9 Å². The Kier molecular flexibility index (Phi) is 8.50. The summed E-state index contributed by atoms with van der Waals surface area (Å²) in [6.45, 7) is -1.99. The molecule has 18 nitrogen and oxygen atoms in total. The van der Waals surface area contributed by atoms with Crippen LogP contribution in [0.1, 0.15) is 12.6 Å². The molecule has 0 bridgehead atoms. The molecule has 2 fully saturated rings. The minimum atomic E-state index is -5.41. The molecule has 10 N–H and O–H groups in total. The van der Waals surface area contributed by atoms with Gasteiger partial charge in [-0.2, -0.15) is 4.98 Å². The van der Waals surface area contributed by atoms with Gasteiger partial charge < -0.3 is 55.8 Å². The topological polar surface area (TPSA) is 294 Å². The number of aliphatic hydroxyl groups is 6. The molecule has 1 aromatic rings. The van der Waals surface area contributed by atoms with Gasteiger partial charge in [0.1, 0.15) is 42.4 Å². The lowest BCUT2D eigenvalue weighted by Gasteiger charge is -2.43. The van der Waals surface area contributed by atoms with Gasteiger partial charge in [0.2, 0.25) is 0 Å². The highest BCUT2D eigenvalue weighted by molar-refractivity contribution is 7.47. The maximum atomic E-state index is 12.5. The fraction of sp³-hybridized carbons (Fsp3) is 0.706. The van der Waals surface area contributed by atoms with Gasteiger partial charge in [0.05, 0.1) is 19.3 Å². The number of carboxylic acid groups (broad SMARTS) is 1. The molecule has 0 amide bonds. The first kappa shape index (κ1) is 28.5. The van der Waals surface area contributed by atoms with E-state index in [1.807, 2.05) is 0 Å². The van der Waals surface area contributed by atoms with Crippen LogP contribution >= 0.6 is 7.82 Å². The maximum Gasteiger partial charge on any atom is 0.475 e. The van der Waals surface area contributed by atoms with Gasteiger partial charge in [-0.05, 0) is 6.07 Å². The van der Waals surface area contributed by atoms with Crippen LogP contribution in [0.5, 0.6) is 0 Å². The van der Waals surface area contributed by atoms with Gasteiger partial charge in [-0.3, -0.25) is 9.09 Å². The number of hydrogen-bond acceptors (Lipinski definition) is 15. The van der Waals surface area contributed by atoms with Crippen molar-refractivity contribution in [2.24, 2.45) is 0 Å². The predicted octanol–water partition coefficient (Wildman–Crippen LogP) is -4.78. The van der Waals surface area contributed by atoms with Gasteiger partial charge in [-0.1, -0.05) is 0 Å². The number of aliphatic carboxylic acids is 1. The van der Waals surface area contributed by atoms with E-state index < -0.39 is 93.9 Å². The highest BCUT2D eigenvalue weighted by Gasteiger charge is 2.57. The SMILES string of the molecule is Nc1ccn([C@@H]2O[C@H](COP(=O)(O)O[C@@]3(C(=O)O)C[C@H](O)[C@@H](O)[C@H]([C@H](O)CO)O3)[C@@H](O)[C@H]2O)c(=O)n1. The molecular formula is C17H26N3O15P. The first-order valence-corrected chi connectivity index (χ1v) is 11.8. The fourth-order valence-corrected chi connectivity index (χ4v) is 4.65. The number of aromatic nitrogens is 2. The lowest BCUT2D eigenvalue weighted by molar-refractivity contribution is -0.302. The molecule has 1 aromatic heterocycles. The second-order valence-electron chi connectivity index (χ2n) is 8.10. The van der Waals surface area contributed by atoms with Gasteiger partial charge in [0.15, 0.2) is 6.23 Å². The molecular weight excluding hydrogens is 517 g/mol. The summed E-state index contributed by atoms with van der Waals surface area (Å²) >= 11 is 0. The molecule has 2 aliphatic rings. The fourth-order valence-electron chi connectivity index (χ4n) is 3.69. The van der Waals surface area contributed by atoms with E-state index in [0.29, 0.717) is 0 Å². The molecule has 0 saturated carbocycles. The summed E-state index contributed by atoms with van der Waals surface area (Å²) < 4.78 is 33.0. The molecule has 204 valence electrons. The van der Waals surface area contributed by atoms with Crippen molar-refractivity contribution in [3.63, 3.8) is 0 Å². The molecule has 2 saturated heterocycles. The Bertz CT molecular complexity index is 1060. The van der Waals surface area contributed by atoms with E-state index in [9.17, 15) is 49.7 Å². The molecule has 0 radical (unpaired) electrons. The number of nitrogens with zero attached hydrogens (tertiary/aromatic N) is 2. The van der Waals surface area contributed by atoms with Crippen molar-refractivity contribution in [1.82, 2.24) is 9.55 Å². The second-order valence-corrected chi connectivity index (χ2v) is 9.47. The van der Waals surface area contributed by atoms with E-state index in [0.717, 1.165) is 10.8 Å². The molecule has 0 aromatic carbocycles. The van der Waals surface area contributed by atoms with Crippen LogP contribution in [0.4, 0.5) is 5.82 Å². The van der Waals surface area contributed by atoms with Gasteiger partial charge >= 0.3 is 19.5 Å². The number of carboxylic acids is 1. The van der Waals surface area contributed by atoms with E-state index in [2.05, 4.69) is 9.51 Å². The third-order valence-corrected chi connectivity index (χ3v) is 6.56. The molecule has 2 aliphatic heterocycles. The first-order chi connectivity index (χ1) is 16.7. The Morgan fingerprint density at radius 3 is 2.56 bits per heavy atom. The number of aliphatic hydroxyl groups excluding tert-OH is 6. The van der Waals surface area contributed by atoms with Gasteiger partial charge in [0, 0.05) is 12.6 Å². The highest BCUT2D eigenvalue weighted by atomic mass is 31.2. The lowest BCUT2D eigenvalue weighted by Crippen LogP contribution is -2.62. The summed E-state index contributed by atoms with van der Waals surface area (Å²) in [6, 6.07) is 1.21. The third-order valence-electron chi connectivity index (χ3n) is 5.55. The molecule has 36 heavy (non-hydrogen) atoms. The standard InChI is InChI=1S/C17H26N3O15P/c18-9-1-2-20(16(29)19-9)14-12(26)11(25)8(33-14)5-32-36(30,31)35-17(15(27)28)3-6(22)10(24)13(34-17)7(23)4-21/h1-2,6-8,10-14,21-26H,3-5H2,(H,27,28)(H,30,31)(H2,18,19,29)/t6-,7+,8+,10+,11+,12+,13-,14+,17+/m0/s1. The number of nitrogens with two attached hydrogens (primary N) is 1. The average Bonchev–Trinajstić information content (AvgIpc) is 3.07. The zero-order chi connectivity index (χ0) is 27.0. The number of ether oxygens (including phenoxy) is 2. The Hall–Kier alpha value is -2.06. The third kappa shape index (κ3) is 5.75. The zero-order valence-electron chi connectivity index (χ0n) is 18.2. The van der Waals surface area contributed by atoms with Crippen LogP contribution in [0.2, 0.25) is 0 Å². The number of carbonyl (C=O) groups is 1. The highest BCUT2D eigenvalue weighted by Crippen LogP contribution is 2.51. The normalized spacial score (nSPS) is 37.4. The summed E-state index contributed by atoms with van der Waals surface area (Å²) in [5.74, 6) is -5.26. The second kappa shape index (κ2) is 10.7. The number of nitrogen functional groups attached to an aromatic ring is 1. The lowest BCUT2D eigenvalue weighted by atomic mass is 9.93. The van der Waals surface area contributed by atoms with E-state index in [-0.39, 0.29) is 5.82 Å². The molecule has 0 spiro atoms. The summed E-state index contributed by atoms with van der Waals surface area (Å²) in [5, 5.41) is 68.9. The minimum Gasteiger partial charge on any atom is -0.477 e. The molecule has 3 heterocycles. The van der Waals surface area contributed by atoms with Gasteiger partial charge in [-0.15, -0.1) is 0 Å². The minimum absolute atomic E-state index is 0.119. The van der Waals surface area contributed by atoms with Crippen molar-refractivity contribution < 1.29 is 68.5 Å². The number of hydrogen-bond donors (Lipinski definition) is 9. The number of rotatable bonds is 9. The summed E-state index contributed by atoms with van der Waals surface area (Å²) in [5.41, 5.74) is 4.46. The molecule has 10 atom stereocenters. The Morgan fingerprint density at radius 1 is 1.31 bits per heavy atom. The van der Waals surface area contributed by atoms with Crippen LogP contribution in [-0.2, 0) is 27.9 Å². The number of anilines is 1. The first-order valence-electron chi connectivity index (χ1n) is 10.3. The van der Waals surface area contributed by atoms with Crippen LogP contribution in [0.15, 0.2) is 17.1 Å². The van der Waals surface area contributed by atoms with Crippen molar-refractivity contribution in [3.8, 4) is 0 Å². The van der Waals surface area contributed by atoms with Crippen molar-refractivity contribution in [1.29, 1.82) is 0 Å². The predicted molar refractivity (Wildman–Crippen MR) is 111 cm³/mol. The molecule has 3 rings (SSSR count). The molecule has 1 unspecified atom stereocenters. The Morgan fingerprint density at radius 2 is 1.97 bits per heavy atom. The van der Waals surface area contributed by atoms with E-state index in [1.165, 1.54) is 6.07 Å². The van der Waals surface area contributed by atoms with Crippen LogP contribution < -0.4 is 11.4 Å². The van der Waals surface area contributed by atoms with Crippen LogP contribution in [0, 0.1) is 0 Å². The average molecular weight is 543 g/mol. The summed E-state index contributed by atoms with van der Waals surface area (Å²) in [7, 11) is -5.41. The number of phosphoric ester groups is 1. The van der Waals surface area contributed by atoms with Gasteiger partial charge in [-0.25, -0.2) is 18.7 Å². The largest absolute Gasteiger partial charge is 0.477 e. The Balaban J connectivity index is 1.73. The van der Waals surface area contributed by atoms with E-state index in [4.69, 9.17) is 24.8 Å². The Labute approximate surface area is 201 Å². The van der Waals surface area contributed by atoms with Crippen molar-refractivity contribution >= 4 is 19.6 Å². The molecule has 0 aliphatic carbocycles. The van der Waals surface area contributed by atoms with E-state index in [1.54, 1.807) is 0 Å². The van der Waals surface area contributed by atoms with Crippen LogP contribution in [0.3, 0.4) is 0 Å². The number of phosphoric acid groups is 1. The summed E-state index contributed by atoms with van der Waals surface area (Å²) in [4.78, 5) is 37.4. The summed E-state index contributed by atoms with van der Waals surface area (Å²) in [6.07, 6.45) is -14.1. The molecule has 19 heteroatoms. The monoisotopic (exact) mass is 543 g/mol. The van der Waals surface area contributed by atoms with Crippen LogP contribution in [0.25, 0.3) is 0 Å². The van der Waals surface area contributed by atoms with E-state index >= 15 is 0 Å². The zero-order valence-corrected chi connectivity index (χ0v) is 19.1. The quantitative estimate of drug-likeness (QED) is 0.132. The van der Waals surface area contributed by atoms with Crippen molar-refractivity contribution in [2.45, 2.75) is 61.2 Å².